The number of nitrogens with one attached hydrogen (secondary N) is 2. The molecular formula is C17H12F3N3O3S. The monoisotopic (exact) mass is 395 g/mol. The Bertz CT molecular complexity index is 1110. The first kappa shape index (κ1) is 18.8. The van der Waals surface area contributed by atoms with Gasteiger partial charge in [0.05, 0.1) is 21.5 Å². The molecule has 0 aliphatic carbocycles. The predicted molar refractivity (Wildman–Crippen MR) is 91.0 cm³/mol. The summed E-state index contributed by atoms with van der Waals surface area (Å²) in [5.41, 5.74) is 1.24. The van der Waals surface area contributed by atoms with Crippen LogP contribution in [0.3, 0.4) is 0 Å². The summed E-state index contributed by atoms with van der Waals surface area (Å²) in [4.78, 5) is 16.9. The van der Waals surface area contributed by atoms with Crippen molar-refractivity contribution in [3.8, 4) is 0 Å². The van der Waals surface area contributed by atoms with Crippen LogP contribution in [0, 0.1) is 0 Å². The smallest absolute Gasteiger partial charge is 0.273 e. The first-order valence-corrected chi connectivity index (χ1v) is 9.00. The van der Waals surface area contributed by atoms with E-state index in [1.807, 2.05) is 5.43 Å². The van der Waals surface area contributed by atoms with Crippen molar-refractivity contribution in [1.29, 1.82) is 0 Å². The Morgan fingerprint density at radius 2 is 1.67 bits per heavy atom. The summed E-state index contributed by atoms with van der Waals surface area (Å²) in [6.07, 6.45) is -3.63. The topological polar surface area (TPSA) is 88.2 Å². The standard InChI is InChI=1S/C17H12F3N3O3S/c18-17(19,20)13-6-2-4-8-15(13)27(25,26)23-22-16(24)12-9-11-5-1-3-7-14(11)21-10-12/h1-10,23H,(H,22,24). The zero-order chi connectivity index (χ0) is 19.7. The summed E-state index contributed by atoms with van der Waals surface area (Å²) >= 11 is 0. The highest BCUT2D eigenvalue weighted by atomic mass is 32.2. The van der Waals surface area contributed by atoms with Crippen LogP contribution in [0.25, 0.3) is 10.9 Å². The third kappa shape index (κ3) is 4.07. The summed E-state index contributed by atoms with van der Waals surface area (Å²) in [5, 5.41) is 0.649. The molecule has 0 aliphatic heterocycles. The van der Waals surface area contributed by atoms with Crippen LogP contribution in [0.1, 0.15) is 15.9 Å². The van der Waals surface area contributed by atoms with E-state index >= 15 is 0 Å². The van der Waals surface area contributed by atoms with Crippen LogP contribution in [0.2, 0.25) is 0 Å². The van der Waals surface area contributed by atoms with Crippen LogP contribution in [0.15, 0.2) is 65.7 Å². The van der Waals surface area contributed by atoms with Crippen molar-refractivity contribution in [2.24, 2.45) is 0 Å². The Kier molecular flexibility index (Phi) is 4.85. The molecule has 140 valence electrons. The maximum Gasteiger partial charge on any atom is 0.417 e. The number of carbonyl (C=O) groups is 1. The first-order valence-electron chi connectivity index (χ1n) is 7.52. The molecule has 0 radical (unpaired) electrons. The number of alkyl halides is 3. The number of hydrazine groups is 1. The largest absolute Gasteiger partial charge is 0.417 e. The van der Waals surface area contributed by atoms with Crippen LogP contribution in [0.4, 0.5) is 13.2 Å². The van der Waals surface area contributed by atoms with Crippen LogP contribution in [0.5, 0.6) is 0 Å². The number of fused-ring (bicyclic) bond motifs is 1. The Hall–Kier alpha value is -2.98. The highest BCUT2D eigenvalue weighted by Crippen LogP contribution is 2.33. The SMILES string of the molecule is O=C(NNS(=O)(=O)c1ccccc1C(F)(F)F)c1cnc2ccccc2c1. The lowest BCUT2D eigenvalue weighted by Crippen LogP contribution is -2.42. The lowest BCUT2D eigenvalue weighted by Gasteiger charge is -2.14. The normalized spacial score (nSPS) is 12.1. The fraction of sp³-hybridized carbons (Fsp3) is 0.0588. The number of rotatable bonds is 4. The molecule has 6 nitrogen and oxygen atoms in total. The fourth-order valence-corrected chi connectivity index (χ4v) is 3.44. The van der Waals surface area contributed by atoms with E-state index in [1.54, 1.807) is 29.1 Å². The number of halogens is 3. The molecule has 2 N–H and O–H groups in total. The molecule has 1 heterocycles. The molecule has 1 amide bonds. The van der Waals surface area contributed by atoms with Gasteiger partial charge < -0.3 is 0 Å². The molecule has 0 unspecified atom stereocenters. The van der Waals surface area contributed by atoms with E-state index in [9.17, 15) is 26.4 Å². The van der Waals surface area contributed by atoms with Crippen molar-refractivity contribution >= 4 is 26.8 Å². The maximum atomic E-state index is 13.0. The van der Waals surface area contributed by atoms with Gasteiger partial charge in [-0.1, -0.05) is 30.3 Å². The molecule has 0 fully saturated rings. The number of para-hydroxylation sites is 1. The molecule has 27 heavy (non-hydrogen) atoms. The molecule has 0 saturated heterocycles. The van der Waals surface area contributed by atoms with Gasteiger partial charge in [-0.2, -0.15) is 13.2 Å². The Morgan fingerprint density at radius 3 is 2.41 bits per heavy atom. The third-order valence-corrected chi connectivity index (χ3v) is 4.94. The van der Waals surface area contributed by atoms with Gasteiger partial charge in [-0.25, -0.2) is 8.42 Å². The number of nitrogens with zero attached hydrogens (tertiary/aromatic N) is 1. The third-order valence-electron chi connectivity index (χ3n) is 3.63. The molecule has 3 rings (SSSR count). The number of aromatic nitrogens is 1. The summed E-state index contributed by atoms with van der Waals surface area (Å²) in [5.74, 6) is -0.860. The molecule has 1 aromatic heterocycles. The van der Waals surface area contributed by atoms with Crippen molar-refractivity contribution in [3.05, 3.63) is 71.9 Å². The van der Waals surface area contributed by atoms with Crippen molar-refractivity contribution in [2.45, 2.75) is 11.1 Å². The fourth-order valence-electron chi connectivity index (χ4n) is 2.37. The van der Waals surface area contributed by atoms with Crippen LogP contribution >= 0.6 is 0 Å². The highest BCUT2D eigenvalue weighted by Gasteiger charge is 2.37. The van der Waals surface area contributed by atoms with Crippen molar-refractivity contribution in [2.75, 3.05) is 0 Å². The van der Waals surface area contributed by atoms with Gasteiger partial charge in [0.2, 0.25) is 0 Å². The van der Waals surface area contributed by atoms with E-state index in [0.717, 1.165) is 18.2 Å². The second-order valence-electron chi connectivity index (χ2n) is 5.47. The average Bonchev–Trinajstić information content (AvgIpc) is 2.65. The van der Waals surface area contributed by atoms with Crippen LogP contribution < -0.4 is 10.3 Å². The zero-order valence-electron chi connectivity index (χ0n) is 13.5. The molecule has 0 aliphatic rings. The van der Waals surface area contributed by atoms with E-state index in [1.165, 1.54) is 12.3 Å². The van der Waals surface area contributed by atoms with E-state index in [0.29, 0.717) is 17.0 Å². The second-order valence-corrected chi connectivity index (χ2v) is 7.12. The van der Waals surface area contributed by atoms with E-state index in [-0.39, 0.29) is 5.56 Å². The van der Waals surface area contributed by atoms with Gasteiger partial charge in [0.1, 0.15) is 0 Å². The van der Waals surface area contributed by atoms with Gasteiger partial charge in [-0.05, 0) is 24.3 Å². The molecule has 2 aromatic carbocycles. The number of benzene rings is 2. The van der Waals surface area contributed by atoms with Crippen molar-refractivity contribution in [1.82, 2.24) is 15.2 Å². The van der Waals surface area contributed by atoms with Gasteiger partial charge in [0, 0.05) is 11.6 Å². The molecular weight excluding hydrogens is 383 g/mol. The second kappa shape index (κ2) is 6.97. The van der Waals surface area contributed by atoms with E-state index < -0.39 is 32.6 Å². The number of pyridine rings is 1. The van der Waals surface area contributed by atoms with Gasteiger partial charge >= 0.3 is 6.18 Å². The van der Waals surface area contributed by atoms with Gasteiger partial charge in [0.25, 0.3) is 15.9 Å². The summed E-state index contributed by atoms with van der Waals surface area (Å²) in [7, 11) is -4.64. The number of hydrogen-bond donors (Lipinski definition) is 2. The molecule has 0 spiro atoms. The lowest BCUT2D eigenvalue weighted by molar-refractivity contribution is -0.139. The molecule has 0 atom stereocenters. The highest BCUT2D eigenvalue weighted by molar-refractivity contribution is 7.89. The number of amides is 1. The number of carbonyl (C=O) groups excluding carboxylic acids is 1. The van der Waals surface area contributed by atoms with Gasteiger partial charge in [0.15, 0.2) is 0 Å². The number of sulfonamides is 1. The zero-order valence-corrected chi connectivity index (χ0v) is 14.3. The predicted octanol–water partition coefficient (Wildman–Crippen LogP) is 2.88. The molecule has 0 saturated carbocycles. The number of hydrogen-bond acceptors (Lipinski definition) is 4. The van der Waals surface area contributed by atoms with Crippen LogP contribution in [-0.2, 0) is 16.2 Å². The van der Waals surface area contributed by atoms with Crippen LogP contribution in [-0.4, -0.2) is 19.3 Å². The Morgan fingerprint density at radius 1 is 1.00 bits per heavy atom. The minimum Gasteiger partial charge on any atom is -0.273 e. The van der Waals surface area contributed by atoms with Crippen molar-refractivity contribution < 1.29 is 26.4 Å². The summed E-state index contributed by atoms with van der Waals surface area (Å²) < 4.78 is 63.4. The Balaban J connectivity index is 1.82. The maximum absolute atomic E-state index is 13.0. The first-order chi connectivity index (χ1) is 12.7. The molecule has 10 heteroatoms. The quantitative estimate of drug-likeness (QED) is 0.665. The minimum atomic E-state index is -4.86. The molecule has 3 aromatic rings. The van der Waals surface area contributed by atoms with Gasteiger partial charge in [-0.15, -0.1) is 4.83 Å². The van der Waals surface area contributed by atoms with E-state index in [4.69, 9.17) is 0 Å². The van der Waals surface area contributed by atoms with Gasteiger partial charge in [-0.3, -0.25) is 15.2 Å². The van der Waals surface area contributed by atoms with E-state index in [2.05, 4.69) is 4.98 Å². The average molecular weight is 395 g/mol. The lowest BCUT2D eigenvalue weighted by atomic mass is 10.1. The Labute approximate surface area is 152 Å². The summed E-state index contributed by atoms with van der Waals surface area (Å²) in [6.45, 7) is 0. The summed E-state index contributed by atoms with van der Waals surface area (Å²) in [6, 6.07) is 12.1. The van der Waals surface area contributed by atoms with Crippen molar-refractivity contribution in [3.63, 3.8) is 0 Å². The minimum absolute atomic E-state index is 0.0421. The molecule has 0 bridgehead atoms.